The molecule has 1 aliphatic rings. The second kappa shape index (κ2) is 12.9. The van der Waals surface area contributed by atoms with Gasteiger partial charge in [-0.25, -0.2) is 0 Å². The predicted molar refractivity (Wildman–Crippen MR) is 244 cm³/mol. The van der Waals surface area contributed by atoms with Crippen LogP contribution >= 0.6 is 11.3 Å². The van der Waals surface area contributed by atoms with Gasteiger partial charge in [0.25, 0.3) is 0 Å². The fraction of sp³-hybridized carbons (Fsp3) is 0.0182. The Bertz CT molecular complexity index is 3300. The second-order valence-electron chi connectivity index (χ2n) is 15.2. The van der Waals surface area contributed by atoms with Crippen molar-refractivity contribution in [2.75, 3.05) is 4.90 Å². The number of benzene rings is 9. The van der Waals surface area contributed by atoms with Gasteiger partial charge in [-0.05, 0) is 87.5 Å². The molecular weight excluding hydrogens is 723 g/mol. The van der Waals surface area contributed by atoms with Crippen LogP contribution in [0.15, 0.2) is 217 Å². The van der Waals surface area contributed by atoms with Crippen molar-refractivity contribution >= 4 is 70.5 Å². The van der Waals surface area contributed by atoms with Gasteiger partial charge >= 0.3 is 0 Å². The van der Waals surface area contributed by atoms with Gasteiger partial charge in [0.05, 0.1) is 21.5 Å². The Morgan fingerprint density at radius 3 is 1.83 bits per heavy atom. The largest absolute Gasteiger partial charge is 0.456 e. The highest BCUT2D eigenvalue weighted by molar-refractivity contribution is 7.26. The molecule has 0 bridgehead atoms. The van der Waals surface area contributed by atoms with Crippen LogP contribution in [0.25, 0.3) is 64.4 Å². The maximum atomic E-state index is 6.18. The average molecular weight is 758 g/mol. The lowest BCUT2D eigenvalue weighted by molar-refractivity contribution is 0.669. The Hall–Kier alpha value is -7.20. The first-order valence-electron chi connectivity index (χ1n) is 19.8. The zero-order valence-corrected chi connectivity index (χ0v) is 32.3. The Kier molecular flexibility index (Phi) is 7.35. The minimum atomic E-state index is -0.500. The predicted octanol–water partition coefficient (Wildman–Crippen LogP) is 15.5. The zero-order valence-electron chi connectivity index (χ0n) is 31.5. The van der Waals surface area contributed by atoms with Gasteiger partial charge in [0, 0.05) is 37.5 Å². The number of thiophene rings is 1. The van der Waals surface area contributed by atoms with Gasteiger partial charge in [-0.1, -0.05) is 164 Å². The summed E-state index contributed by atoms with van der Waals surface area (Å²) in [4.78, 5) is 2.51. The highest BCUT2D eigenvalue weighted by Gasteiger charge is 2.47. The van der Waals surface area contributed by atoms with Gasteiger partial charge in [0.2, 0.25) is 0 Å². The molecule has 58 heavy (non-hydrogen) atoms. The fourth-order valence-electron chi connectivity index (χ4n) is 9.69. The molecule has 0 amide bonds. The van der Waals surface area contributed by atoms with E-state index >= 15 is 0 Å². The van der Waals surface area contributed by atoms with E-state index in [1.807, 2.05) is 23.5 Å². The van der Waals surface area contributed by atoms with E-state index in [1.54, 1.807) is 0 Å². The fourth-order valence-corrected chi connectivity index (χ4v) is 10.9. The minimum Gasteiger partial charge on any atom is -0.456 e. The molecule has 0 spiro atoms. The van der Waals surface area contributed by atoms with Gasteiger partial charge in [-0.15, -0.1) is 11.3 Å². The molecule has 0 atom stereocenters. The van der Waals surface area contributed by atoms with Crippen LogP contribution in [0.1, 0.15) is 22.3 Å². The molecule has 12 rings (SSSR count). The number of anilines is 3. The first-order chi connectivity index (χ1) is 28.8. The quantitative estimate of drug-likeness (QED) is 0.168. The molecule has 2 aromatic heterocycles. The van der Waals surface area contributed by atoms with Gasteiger partial charge in [0.1, 0.15) is 11.2 Å². The summed E-state index contributed by atoms with van der Waals surface area (Å²) in [5.74, 6) is 0. The number of nitrogens with zero attached hydrogens (tertiary/aromatic N) is 1. The van der Waals surface area contributed by atoms with Crippen LogP contribution in [0.3, 0.4) is 0 Å². The van der Waals surface area contributed by atoms with Crippen molar-refractivity contribution in [2.24, 2.45) is 0 Å². The summed E-state index contributed by atoms with van der Waals surface area (Å²) in [5.41, 5.74) is 14.7. The second-order valence-corrected chi connectivity index (χ2v) is 16.2. The molecular formula is C55H35NOS. The zero-order chi connectivity index (χ0) is 38.2. The third-order valence-corrected chi connectivity index (χ3v) is 13.4. The van der Waals surface area contributed by atoms with Gasteiger partial charge in [-0.2, -0.15) is 0 Å². The maximum absolute atomic E-state index is 6.18. The van der Waals surface area contributed by atoms with E-state index in [0.717, 1.165) is 44.4 Å². The lowest BCUT2D eigenvalue weighted by atomic mass is 9.68. The molecule has 0 saturated heterocycles. The summed E-state index contributed by atoms with van der Waals surface area (Å²) in [6, 6.07) is 77.6. The average Bonchev–Trinajstić information content (AvgIpc) is 3.96. The van der Waals surface area contributed by atoms with Crippen LogP contribution in [0, 0.1) is 0 Å². The summed E-state index contributed by atoms with van der Waals surface area (Å²) >= 11 is 1.87. The highest BCUT2D eigenvalue weighted by atomic mass is 32.1. The van der Waals surface area contributed by atoms with Crippen molar-refractivity contribution in [3.8, 4) is 22.3 Å². The molecule has 0 aliphatic heterocycles. The molecule has 1 aliphatic carbocycles. The van der Waals surface area contributed by atoms with Crippen LogP contribution in [0.5, 0.6) is 0 Å². The molecule has 272 valence electrons. The molecule has 0 saturated carbocycles. The normalized spacial score (nSPS) is 13.0. The van der Waals surface area contributed by atoms with Crippen LogP contribution in [-0.4, -0.2) is 0 Å². The number of furan rings is 1. The first-order valence-corrected chi connectivity index (χ1v) is 20.7. The molecule has 0 unspecified atom stereocenters. The monoisotopic (exact) mass is 757 g/mol. The smallest absolute Gasteiger partial charge is 0.135 e. The van der Waals surface area contributed by atoms with Crippen molar-refractivity contribution in [3.05, 3.63) is 235 Å². The van der Waals surface area contributed by atoms with Crippen molar-refractivity contribution in [1.29, 1.82) is 0 Å². The van der Waals surface area contributed by atoms with E-state index in [1.165, 1.54) is 59.2 Å². The molecule has 2 nitrogen and oxygen atoms in total. The van der Waals surface area contributed by atoms with Gasteiger partial charge in [0.15, 0.2) is 0 Å². The molecule has 3 heteroatoms. The first kappa shape index (κ1) is 33.0. The summed E-state index contributed by atoms with van der Waals surface area (Å²) in [7, 11) is 0. The van der Waals surface area contributed by atoms with Gasteiger partial charge < -0.3 is 9.32 Å². The molecule has 9 aromatic carbocycles. The molecule has 2 heterocycles. The molecule has 11 aromatic rings. The third-order valence-electron chi connectivity index (χ3n) is 12.2. The summed E-state index contributed by atoms with van der Waals surface area (Å²) in [6.45, 7) is 0. The number of hydrogen-bond donors (Lipinski definition) is 0. The Labute approximate surface area is 340 Å². The summed E-state index contributed by atoms with van der Waals surface area (Å²) in [5, 5.41) is 4.84. The number of hydrogen-bond acceptors (Lipinski definition) is 3. The molecule has 0 N–H and O–H groups in total. The molecule has 0 fully saturated rings. The topological polar surface area (TPSA) is 16.4 Å². The van der Waals surface area contributed by atoms with Crippen molar-refractivity contribution in [3.63, 3.8) is 0 Å². The van der Waals surface area contributed by atoms with Crippen molar-refractivity contribution in [1.82, 2.24) is 0 Å². The standard InChI is InChI=1S/C55H35NOS/c1-3-15-38(16-4-1)55(39-17-5-2-6-18-39)46-23-10-7-21-44(46)53-47(55)24-14-25-48(53)56(49-26-13-22-43-42-20-9-12-28-52(42)58-54(43)49)40-32-29-36(30-33-40)37-31-34-51-45(35-37)41-19-8-11-27-50(41)57-51/h1-35H. The van der Waals surface area contributed by atoms with Crippen LogP contribution in [0.2, 0.25) is 0 Å². The van der Waals surface area contributed by atoms with Crippen LogP contribution < -0.4 is 4.90 Å². The van der Waals surface area contributed by atoms with E-state index < -0.39 is 5.41 Å². The van der Waals surface area contributed by atoms with Crippen molar-refractivity contribution < 1.29 is 4.42 Å². The van der Waals surface area contributed by atoms with Gasteiger partial charge in [-0.3, -0.25) is 0 Å². The van der Waals surface area contributed by atoms with E-state index in [0.29, 0.717) is 0 Å². The molecule has 0 radical (unpaired) electrons. The van der Waals surface area contributed by atoms with Crippen LogP contribution in [-0.2, 0) is 5.41 Å². The lowest BCUT2D eigenvalue weighted by Crippen LogP contribution is -2.28. The SMILES string of the molecule is c1ccc(C2(c3ccccc3)c3ccccc3-c3c(N(c4ccc(-c5ccc6oc7ccccc7c6c5)cc4)c4cccc5c4sc4ccccc45)cccc32)cc1. The lowest BCUT2D eigenvalue weighted by Gasteiger charge is -2.34. The Balaban J connectivity index is 1.11. The minimum absolute atomic E-state index is 0.500. The number of fused-ring (bicyclic) bond motifs is 9. The summed E-state index contributed by atoms with van der Waals surface area (Å²) in [6.07, 6.45) is 0. The number of para-hydroxylation sites is 1. The van der Waals surface area contributed by atoms with E-state index in [2.05, 4.69) is 205 Å². The van der Waals surface area contributed by atoms with E-state index in [9.17, 15) is 0 Å². The third kappa shape index (κ3) is 4.78. The maximum Gasteiger partial charge on any atom is 0.135 e. The Morgan fingerprint density at radius 1 is 0.414 bits per heavy atom. The van der Waals surface area contributed by atoms with Crippen LogP contribution in [0.4, 0.5) is 17.1 Å². The van der Waals surface area contributed by atoms with Crippen molar-refractivity contribution in [2.45, 2.75) is 5.41 Å². The van der Waals surface area contributed by atoms with E-state index in [-0.39, 0.29) is 0 Å². The number of rotatable bonds is 6. The Morgan fingerprint density at radius 2 is 1.02 bits per heavy atom. The van der Waals surface area contributed by atoms with E-state index in [4.69, 9.17) is 4.42 Å². The summed E-state index contributed by atoms with van der Waals surface area (Å²) < 4.78 is 8.74. The highest BCUT2D eigenvalue weighted by Crippen LogP contribution is 2.60.